The molecule has 0 unspecified atom stereocenters. The summed E-state index contributed by atoms with van der Waals surface area (Å²) >= 11 is 0. The quantitative estimate of drug-likeness (QED) is 0.323. The number of amidine groups is 1. The minimum absolute atomic E-state index is 0.0875. The summed E-state index contributed by atoms with van der Waals surface area (Å²) in [6.07, 6.45) is 7.20. The van der Waals surface area contributed by atoms with Gasteiger partial charge < -0.3 is 16.4 Å². The van der Waals surface area contributed by atoms with E-state index in [1.165, 1.54) is 19.3 Å². The zero-order chi connectivity index (χ0) is 11.8. The lowest BCUT2D eigenvalue weighted by molar-refractivity contribution is 0.232. The van der Waals surface area contributed by atoms with Crippen LogP contribution < -0.4 is 16.4 Å². The Morgan fingerprint density at radius 1 is 1.31 bits per heavy atom. The van der Waals surface area contributed by atoms with E-state index in [0.717, 1.165) is 19.3 Å². The molecule has 5 N–H and O–H groups in total. The van der Waals surface area contributed by atoms with Crippen LogP contribution in [0, 0.1) is 5.41 Å². The molecule has 2 amide bonds. The Balaban J connectivity index is 2.03. The van der Waals surface area contributed by atoms with Crippen LogP contribution in [0.15, 0.2) is 0 Å². The minimum atomic E-state index is -0.0875. The first kappa shape index (κ1) is 12.8. The average Bonchev–Trinajstić information content (AvgIpc) is 2.25. The summed E-state index contributed by atoms with van der Waals surface area (Å²) in [5.41, 5.74) is 5.21. The molecule has 0 aromatic heterocycles. The summed E-state index contributed by atoms with van der Waals surface area (Å²) in [6.45, 7) is 0.581. The lowest BCUT2D eigenvalue weighted by Gasteiger charge is -2.22. The number of hydrogen-bond acceptors (Lipinski definition) is 2. The second-order valence-corrected chi connectivity index (χ2v) is 4.36. The molecule has 1 aliphatic carbocycles. The fourth-order valence-corrected chi connectivity index (χ4v) is 1.96. The predicted molar refractivity (Wildman–Crippen MR) is 64.6 cm³/mol. The third kappa shape index (κ3) is 5.58. The lowest BCUT2D eigenvalue weighted by Crippen LogP contribution is -2.43. The fraction of sp³-hybridized carbons (Fsp3) is 0.818. The zero-order valence-electron chi connectivity index (χ0n) is 9.72. The van der Waals surface area contributed by atoms with Crippen LogP contribution in [0.4, 0.5) is 4.79 Å². The van der Waals surface area contributed by atoms with Gasteiger partial charge in [-0.15, -0.1) is 0 Å². The van der Waals surface area contributed by atoms with Crippen molar-refractivity contribution >= 4 is 11.9 Å². The first-order valence-electron chi connectivity index (χ1n) is 6.06. The largest absolute Gasteiger partial charge is 0.388 e. The van der Waals surface area contributed by atoms with E-state index in [1.54, 1.807) is 0 Å². The molecule has 16 heavy (non-hydrogen) atoms. The highest BCUT2D eigenvalue weighted by Gasteiger charge is 2.14. The predicted octanol–water partition coefficient (Wildman–Crippen LogP) is 1.33. The van der Waals surface area contributed by atoms with Crippen molar-refractivity contribution in [3.05, 3.63) is 0 Å². The van der Waals surface area contributed by atoms with Gasteiger partial charge in [0, 0.05) is 19.0 Å². The molecule has 5 heteroatoms. The molecule has 0 spiro atoms. The molecule has 0 aliphatic heterocycles. The van der Waals surface area contributed by atoms with E-state index in [-0.39, 0.29) is 11.9 Å². The summed E-state index contributed by atoms with van der Waals surface area (Å²) < 4.78 is 0. The Morgan fingerprint density at radius 3 is 2.62 bits per heavy atom. The van der Waals surface area contributed by atoms with Crippen molar-refractivity contribution in [2.45, 2.75) is 51.0 Å². The molecule has 5 nitrogen and oxygen atoms in total. The molecule has 1 fully saturated rings. The zero-order valence-corrected chi connectivity index (χ0v) is 9.72. The van der Waals surface area contributed by atoms with E-state index in [2.05, 4.69) is 10.6 Å². The second kappa shape index (κ2) is 7.09. The summed E-state index contributed by atoms with van der Waals surface area (Å²) in [7, 11) is 0. The van der Waals surface area contributed by atoms with E-state index < -0.39 is 0 Å². The highest BCUT2D eigenvalue weighted by molar-refractivity contribution is 5.77. The minimum Gasteiger partial charge on any atom is -0.388 e. The van der Waals surface area contributed by atoms with Gasteiger partial charge in [-0.1, -0.05) is 19.3 Å². The van der Waals surface area contributed by atoms with Crippen LogP contribution in [0.3, 0.4) is 0 Å². The van der Waals surface area contributed by atoms with Crippen molar-refractivity contribution in [2.24, 2.45) is 5.73 Å². The molecule has 0 heterocycles. The fourth-order valence-electron chi connectivity index (χ4n) is 1.96. The maximum Gasteiger partial charge on any atom is 0.315 e. The van der Waals surface area contributed by atoms with Crippen molar-refractivity contribution in [3.63, 3.8) is 0 Å². The Hall–Kier alpha value is -1.26. The molecule has 0 aromatic carbocycles. The van der Waals surface area contributed by atoms with Crippen molar-refractivity contribution < 1.29 is 4.79 Å². The third-order valence-corrected chi connectivity index (χ3v) is 2.85. The van der Waals surface area contributed by atoms with Crippen LogP contribution in [0.1, 0.15) is 44.9 Å². The lowest BCUT2D eigenvalue weighted by atomic mass is 9.96. The van der Waals surface area contributed by atoms with Crippen LogP contribution in [-0.4, -0.2) is 24.5 Å². The highest BCUT2D eigenvalue weighted by atomic mass is 16.2. The molecule has 0 atom stereocenters. The number of hydrogen-bond donors (Lipinski definition) is 4. The van der Waals surface area contributed by atoms with Crippen LogP contribution in [0.25, 0.3) is 0 Å². The normalized spacial score (nSPS) is 16.8. The van der Waals surface area contributed by atoms with Gasteiger partial charge in [0.1, 0.15) is 0 Å². The van der Waals surface area contributed by atoms with Crippen LogP contribution in [0.2, 0.25) is 0 Å². The first-order chi connectivity index (χ1) is 7.68. The number of urea groups is 1. The first-order valence-corrected chi connectivity index (χ1v) is 6.06. The van der Waals surface area contributed by atoms with Gasteiger partial charge in [-0.2, -0.15) is 0 Å². The van der Waals surface area contributed by atoms with Gasteiger partial charge in [0.05, 0.1) is 5.84 Å². The molecular formula is C11H22N4O. The summed E-state index contributed by atoms with van der Waals surface area (Å²) in [4.78, 5) is 11.4. The van der Waals surface area contributed by atoms with E-state index in [0.29, 0.717) is 19.0 Å². The van der Waals surface area contributed by atoms with Crippen molar-refractivity contribution in [1.82, 2.24) is 10.6 Å². The number of rotatable bonds is 5. The summed E-state index contributed by atoms with van der Waals surface area (Å²) in [5, 5.41) is 12.8. The maximum absolute atomic E-state index is 11.4. The van der Waals surface area contributed by atoms with Gasteiger partial charge in [0.25, 0.3) is 0 Å². The molecule has 0 aromatic rings. The Kier molecular flexibility index (Phi) is 5.67. The molecule has 1 rings (SSSR count). The molecular weight excluding hydrogens is 204 g/mol. The molecule has 0 radical (unpaired) electrons. The Morgan fingerprint density at radius 2 is 2.00 bits per heavy atom. The van der Waals surface area contributed by atoms with Gasteiger partial charge in [0.15, 0.2) is 0 Å². The standard InChI is InChI=1S/C11H22N4O/c12-10(13)7-4-8-14-11(16)15-9-5-2-1-3-6-9/h9H,1-8H2,(H3,12,13)(H2,14,15,16). The number of carbonyl (C=O) groups excluding carboxylic acids is 1. The van der Waals surface area contributed by atoms with Gasteiger partial charge in [0.2, 0.25) is 0 Å². The monoisotopic (exact) mass is 226 g/mol. The number of carbonyl (C=O) groups is 1. The van der Waals surface area contributed by atoms with E-state index in [9.17, 15) is 4.79 Å². The maximum atomic E-state index is 11.4. The SMILES string of the molecule is N=C(N)CCCNC(=O)NC1CCCCC1. The highest BCUT2D eigenvalue weighted by Crippen LogP contribution is 2.16. The van der Waals surface area contributed by atoms with E-state index in [1.807, 2.05) is 0 Å². The summed E-state index contributed by atoms with van der Waals surface area (Å²) in [5.74, 6) is 0.175. The van der Waals surface area contributed by atoms with E-state index >= 15 is 0 Å². The van der Waals surface area contributed by atoms with Crippen molar-refractivity contribution in [1.29, 1.82) is 5.41 Å². The molecule has 0 saturated heterocycles. The molecule has 92 valence electrons. The van der Waals surface area contributed by atoms with Gasteiger partial charge >= 0.3 is 6.03 Å². The number of amides is 2. The average molecular weight is 226 g/mol. The smallest absolute Gasteiger partial charge is 0.315 e. The molecule has 0 bridgehead atoms. The number of nitrogens with one attached hydrogen (secondary N) is 3. The third-order valence-electron chi connectivity index (χ3n) is 2.85. The Bertz CT molecular complexity index is 236. The van der Waals surface area contributed by atoms with Crippen molar-refractivity contribution in [3.8, 4) is 0 Å². The molecule has 1 aliphatic rings. The van der Waals surface area contributed by atoms with Gasteiger partial charge in [-0.05, 0) is 19.3 Å². The second-order valence-electron chi connectivity index (χ2n) is 4.36. The molecule has 1 saturated carbocycles. The Labute approximate surface area is 96.7 Å². The van der Waals surface area contributed by atoms with E-state index in [4.69, 9.17) is 11.1 Å². The van der Waals surface area contributed by atoms with Crippen LogP contribution >= 0.6 is 0 Å². The topological polar surface area (TPSA) is 91.0 Å². The summed E-state index contributed by atoms with van der Waals surface area (Å²) in [6, 6.07) is 0.261. The van der Waals surface area contributed by atoms with Crippen LogP contribution in [0.5, 0.6) is 0 Å². The van der Waals surface area contributed by atoms with Gasteiger partial charge in [-0.25, -0.2) is 4.79 Å². The van der Waals surface area contributed by atoms with Crippen LogP contribution in [-0.2, 0) is 0 Å². The van der Waals surface area contributed by atoms with Gasteiger partial charge in [-0.3, -0.25) is 5.41 Å². The number of nitrogens with two attached hydrogens (primary N) is 1. The van der Waals surface area contributed by atoms with Crippen molar-refractivity contribution in [2.75, 3.05) is 6.54 Å².